The molecule has 1 aromatic heterocycles. The first-order valence-corrected chi connectivity index (χ1v) is 9.95. The monoisotopic (exact) mass is 385 g/mol. The third-order valence-electron chi connectivity index (χ3n) is 4.77. The van der Waals surface area contributed by atoms with Crippen molar-refractivity contribution in [2.24, 2.45) is 0 Å². The number of fused-ring (bicyclic) bond motifs is 1. The summed E-state index contributed by atoms with van der Waals surface area (Å²) in [6.07, 6.45) is 2.14. The molecule has 0 bridgehead atoms. The van der Waals surface area contributed by atoms with Gasteiger partial charge in [-0.25, -0.2) is 4.98 Å². The summed E-state index contributed by atoms with van der Waals surface area (Å²) in [4.78, 5) is 19.6. The van der Waals surface area contributed by atoms with Crippen molar-refractivity contribution in [1.82, 2.24) is 9.88 Å². The molecular weight excluding hydrogens is 366 g/mol. The molecule has 4 nitrogen and oxygen atoms in total. The summed E-state index contributed by atoms with van der Waals surface area (Å²) in [6.45, 7) is 3.25. The highest BCUT2D eigenvalue weighted by Gasteiger charge is 2.30. The molecule has 1 fully saturated rings. The molecule has 2 heterocycles. The lowest BCUT2D eigenvalue weighted by Gasteiger charge is -2.22. The second-order valence-electron chi connectivity index (χ2n) is 6.66. The van der Waals surface area contributed by atoms with Crippen LogP contribution in [0.25, 0.3) is 10.2 Å². The van der Waals surface area contributed by atoms with E-state index in [1.165, 1.54) is 4.70 Å². The Morgan fingerprint density at radius 1 is 1.35 bits per heavy atom. The van der Waals surface area contributed by atoms with Gasteiger partial charge in [0.2, 0.25) is 5.91 Å². The smallest absolute Gasteiger partial charge is 0.238 e. The topological polar surface area (TPSA) is 45.2 Å². The van der Waals surface area contributed by atoms with Gasteiger partial charge >= 0.3 is 0 Å². The number of amides is 1. The predicted octanol–water partition coefficient (Wildman–Crippen LogP) is 5.03. The van der Waals surface area contributed by atoms with Crippen LogP contribution >= 0.6 is 22.9 Å². The fourth-order valence-electron chi connectivity index (χ4n) is 3.47. The molecule has 2 aromatic carbocycles. The van der Waals surface area contributed by atoms with Crippen LogP contribution in [0.1, 0.15) is 29.5 Å². The zero-order valence-corrected chi connectivity index (χ0v) is 16.1. The van der Waals surface area contributed by atoms with Crippen molar-refractivity contribution in [2.45, 2.75) is 25.8 Å². The van der Waals surface area contributed by atoms with E-state index in [1.54, 1.807) is 17.4 Å². The number of para-hydroxylation sites is 1. The highest BCUT2D eigenvalue weighted by molar-refractivity contribution is 7.18. The van der Waals surface area contributed by atoms with Crippen LogP contribution in [0.5, 0.6) is 0 Å². The van der Waals surface area contributed by atoms with Crippen molar-refractivity contribution in [1.29, 1.82) is 0 Å². The number of halogens is 1. The van der Waals surface area contributed by atoms with Crippen molar-refractivity contribution in [3.63, 3.8) is 0 Å². The van der Waals surface area contributed by atoms with Gasteiger partial charge in [-0.2, -0.15) is 0 Å². The summed E-state index contributed by atoms with van der Waals surface area (Å²) in [5.41, 5.74) is 2.82. The highest BCUT2D eigenvalue weighted by Crippen LogP contribution is 2.36. The van der Waals surface area contributed by atoms with Crippen molar-refractivity contribution < 1.29 is 4.79 Å². The van der Waals surface area contributed by atoms with E-state index in [1.807, 2.05) is 37.3 Å². The van der Waals surface area contributed by atoms with E-state index in [0.717, 1.165) is 41.2 Å². The predicted molar refractivity (Wildman–Crippen MR) is 108 cm³/mol. The molecule has 1 aliphatic heterocycles. The molecule has 1 amide bonds. The van der Waals surface area contributed by atoms with Crippen molar-refractivity contribution in [3.8, 4) is 0 Å². The number of likely N-dealkylation sites (tertiary alicyclic amines) is 1. The van der Waals surface area contributed by atoms with E-state index in [4.69, 9.17) is 16.6 Å². The first-order valence-electron chi connectivity index (χ1n) is 8.76. The molecule has 1 aliphatic rings. The van der Waals surface area contributed by atoms with Gasteiger partial charge in [-0.05, 0) is 62.2 Å². The number of nitrogens with one attached hydrogen (secondary N) is 1. The molecule has 0 saturated carbocycles. The molecule has 0 radical (unpaired) electrons. The van der Waals surface area contributed by atoms with E-state index < -0.39 is 0 Å². The molecule has 6 heteroatoms. The lowest BCUT2D eigenvalue weighted by molar-refractivity contribution is -0.117. The van der Waals surface area contributed by atoms with Crippen LogP contribution in [0.3, 0.4) is 0 Å². The quantitative estimate of drug-likeness (QED) is 0.684. The molecular formula is C20H20ClN3OS. The van der Waals surface area contributed by atoms with Crippen LogP contribution in [0.4, 0.5) is 5.69 Å². The first kappa shape index (κ1) is 17.5. The summed E-state index contributed by atoms with van der Waals surface area (Å²) in [7, 11) is 0. The van der Waals surface area contributed by atoms with Gasteiger partial charge < -0.3 is 5.32 Å². The number of aryl methyl sites for hydroxylation is 1. The number of thiazole rings is 1. The number of rotatable bonds is 4. The Balaban J connectivity index is 1.47. The average Bonchev–Trinajstić information content (AvgIpc) is 3.23. The van der Waals surface area contributed by atoms with Gasteiger partial charge in [-0.3, -0.25) is 9.69 Å². The number of aromatic nitrogens is 1. The minimum atomic E-state index is 0.00318. The number of benzene rings is 2. The maximum absolute atomic E-state index is 12.6. The Labute approximate surface area is 161 Å². The Bertz CT molecular complexity index is 922. The van der Waals surface area contributed by atoms with E-state index in [-0.39, 0.29) is 11.9 Å². The molecule has 0 aliphatic carbocycles. The van der Waals surface area contributed by atoms with Crippen molar-refractivity contribution >= 4 is 44.7 Å². The van der Waals surface area contributed by atoms with Crippen LogP contribution < -0.4 is 5.32 Å². The summed E-state index contributed by atoms with van der Waals surface area (Å²) >= 11 is 7.72. The minimum absolute atomic E-state index is 0.00318. The zero-order valence-electron chi connectivity index (χ0n) is 14.5. The molecule has 1 atom stereocenters. The van der Waals surface area contributed by atoms with E-state index in [0.29, 0.717) is 11.6 Å². The summed E-state index contributed by atoms with van der Waals surface area (Å²) in [5.74, 6) is 0.00318. The largest absolute Gasteiger partial charge is 0.325 e. The Morgan fingerprint density at radius 2 is 2.19 bits per heavy atom. The van der Waals surface area contributed by atoms with Crippen molar-refractivity contribution in [3.05, 3.63) is 58.1 Å². The number of carbonyl (C=O) groups excluding carboxylic acids is 1. The first-order chi connectivity index (χ1) is 12.6. The molecule has 0 unspecified atom stereocenters. The van der Waals surface area contributed by atoms with Gasteiger partial charge in [0, 0.05) is 10.7 Å². The fourth-order valence-corrected chi connectivity index (χ4v) is 4.83. The molecule has 0 spiro atoms. The SMILES string of the molecule is Cc1cc(Cl)ccc1NC(=O)CN1CCC[C@H]1c1nc2ccccc2s1. The van der Waals surface area contributed by atoms with Gasteiger partial charge in [-0.1, -0.05) is 23.7 Å². The Hall–Kier alpha value is -1.95. The minimum Gasteiger partial charge on any atom is -0.325 e. The molecule has 3 aromatic rings. The van der Waals surface area contributed by atoms with E-state index in [2.05, 4.69) is 16.3 Å². The van der Waals surface area contributed by atoms with Gasteiger partial charge in [0.25, 0.3) is 0 Å². The maximum Gasteiger partial charge on any atom is 0.238 e. The maximum atomic E-state index is 12.6. The van der Waals surface area contributed by atoms with Crippen LogP contribution in [-0.4, -0.2) is 28.9 Å². The van der Waals surface area contributed by atoms with Gasteiger partial charge in [0.1, 0.15) is 5.01 Å². The third kappa shape index (κ3) is 3.61. The zero-order chi connectivity index (χ0) is 18.1. The van der Waals surface area contributed by atoms with Crippen LogP contribution in [0.15, 0.2) is 42.5 Å². The average molecular weight is 386 g/mol. The van der Waals surface area contributed by atoms with Gasteiger partial charge in [-0.15, -0.1) is 11.3 Å². The Kier molecular flexibility index (Phi) is 4.94. The van der Waals surface area contributed by atoms with Crippen LogP contribution in [0.2, 0.25) is 5.02 Å². The molecule has 1 saturated heterocycles. The normalized spacial score (nSPS) is 17.7. The van der Waals surface area contributed by atoms with Gasteiger partial charge in [0.15, 0.2) is 0 Å². The van der Waals surface area contributed by atoms with Crippen LogP contribution in [0, 0.1) is 6.92 Å². The summed E-state index contributed by atoms with van der Waals surface area (Å²) < 4.78 is 1.20. The lowest BCUT2D eigenvalue weighted by Crippen LogP contribution is -2.33. The number of hydrogen-bond donors (Lipinski definition) is 1. The molecule has 1 N–H and O–H groups in total. The standard InChI is InChI=1S/C20H20ClN3OS/c1-13-11-14(21)8-9-15(13)22-19(25)12-24-10-4-6-17(24)20-23-16-5-2-3-7-18(16)26-20/h2-3,5,7-9,11,17H,4,6,10,12H2,1H3,(H,22,25)/t17-/m0/s1. The molecule has 134 valence electrons. The number of nitrogens with zero attached hydrogens (tertiary/aromatic N) is 2. The third-order valence-corrected chi connectivity index (χ3v) is 6.14. The van der Waals surface area contributed by atoms with Gasteiger partial charge in [0.05, 0.1) is 22.8 Å². The number of anilines is 1. The van der Waals surface area contributed by atoms with Crippen molar-refractivity contribution in [2.75, 3.05) is 18.4 Å². The fraction of sp³-hybridized carbons (Fsp3) is 0.300. The second-order valence-corrected chi connectivity index (χ2v) is 8.15. The summed E-state index contributed by atoms with van der Waals surface area (Å²) in [5, 5.41) is 4.79. The second kappa shape index (κ2) is 7.35. The number of carbonyl (C=O) groups is 1. The molecule has 26 heavy (non-hydrogen) atoms. The van der Waals surface area contributed by atoms with E-state index >= 15 is 0 Å². The Morgan fingerprint density at radius 3 is 3.00 bits per heavy atom. The molecule has 4 rings (SSSR count). The summed E-state index contributed by atoms with van der Waals surface area (Å²) in [6, 6.07) is 13.9. The van der Waals surface area contributed by atoms with E-state index in [9.17, 15) is 4.79 Å². The highest BCUT2D eigenvalue weighted by atomic mass is 35.5. The number of hydrogen-bond acceptors (Lipinski definition) is 4. The van der Waals surface area contributed by atoms with Crippen LogP contribution in [-0.2, 0) is 4.79 Å². The lowest BCUT2D eigenvalue weighted by atomic mass is 10.2.